The van der Waals surface area contributed by atoms with Crippen molar-refractivity contribution in [2.75, 3.05) is 12.3 Å². The largest absolute Gasteiger partial charge is 0.356 e. The molecule has 0 radical (unpaired) electrons. The minimum Gasteiger partial charge on any atom is -0.356 e. The van der Waals surface area contributed by atoms with Gasteiger partial charge < -0.3 is 5.32 Å². The van der Waals surface area contributed by atoms with Gasteiger partial charge in [0.2, 0.25) is 5.91 Å². The van der Waals surface area contributed by atoms with Crippen LogP contribution in [0, 0.1) is 0 Å². The predicted molar refractivity (Wildman–Crippen MR) is 42.9 cm³/mol. The van der Waals surface area contributed by atoms with Crippen LogP contribution in [0.15, 0.2) is 0 Å². The predicted octanol–water partition coefficient (Wildman–Crippen LogP) is -0.0858. The lowest BCUT2D eigenvalue weighted by Crippen LogP contribution is -2.23. The summed E-state index contributed by atoms with van der Waals surface area (Å²) in [6.07, 6.45) is 1.59. The first-order valence-corrected chi connectivity index (χ1v) is 3.93. The molecular formula is C6H14NOS+. The van der Waals surface area contributed by atoms with Crippen molar-refractivity contribution in [3.63, 3.8) is 0 Å². The number of nitrogens with one attached hydrogen (secondary N) is 1. The van der Waals surface area contributed by atoms with Crippen molar-refractivity contribution in [1.82, 2.24) is 5.32 Å². The molecule has 0 fully saturated rings. The molecule has 0 atom stereocenters. The van der Waals surface area contributed by atoms with Gasteiger partial charge >= 0.3 is 0 Å². The summed E-state index contributed by atoms with van der Waals surface area (Å²) in [5, 5.41) is 2.76. The molecule has 54 valence electrons. The van der Waals surface area contributed by atoms with Gasteiger partial charge in [-0.3, -0.25) is 4.79 Å². The smallest absolute Gasteiger partial charge is 0.219 e. The number of hydrogen-bond acceptors (Lipinski definition) is 1. The van der Waals surface area contributed by atoms with Crippen LogP contribution in [0.4, 0.5) is 0 Å². The maximum atomic E-state index is 10.6. The van der Waals surface area contributed by atoms with Crippen LogP contribution in [-0.4, -0.2) is 18.2 Å². The molecule has 0 heterocycles. The highest BCUT2D eigenvalue weighted by Crippen LogP contribution is 1.76. The Hall–Kier alpha value is -0.180. The molecule has 0 aromatic rings. The molecule has 9 heavy (non-hydrogen) atoms. The average molecular weight is 148 g/mol. The number of rotatable bonds is 4. The molecule has 0 aliphatic carbocycles. The minimum absolute atomic E-state index is 0.134. The summed E-state index contributed by atoms with van der Waals surface area (Å²) < 4.78 is 0. The first-order chi connectivity index (χ1) is 4.31. The van der Waals surface area contributed by atoms with Crippen LogP contribution in [0.3, 0.4) is 0 Å². The molecule has 0 saturated heterocycles. The Labute approximate surface area is 61.4 Å². The van der Waals surface area contributed by atoms with E-state index in [0.29, 0.717) is 6.42 Å². The van der Waals surface area contributed by atoms with E-state index in [9.17, 15) is 4.79 Å². The highest BCUT2D eigenvalue weighted by molar-refractivity contribution is 7.58. The lowest BCUT2D eigenvalue weighted by molar-refractivity contribution is -0.120. The summed E-state index contributed by atoms with van der Waals surface area (Å²) in [5.41, 5.74) is 0. The van der Waals surface area contributed by atoms with E-state index in [2.05, 4.69) is 17.9 Å². The zero-order valence-electron chi connectivity index (χ0n) is 5.74. The molecule has 0 aliphatic rings. The average Bonchev–Trinajstić information content (AvgIpc) is 1.89. The normalized spacial score (nSPS) is 9.11. The molecule has 0 aromatic heterocycles. The monoisotopic (exact) mass is 148 g/mol. The topological polar surface area (TPSA) is 29.1 Å². The standard InChI is InChI=1S/C6H13NOS/c1-2-6(8)7-4-3-5-9/h9H,2-5H2,1H3,(H,7,8)/p+1. The van der Waals surface area contributed by atoms with Gasteiger partial charge in [-0.25, -0.2) is 0 Å². The van der Waals surface area contributed by atoms with E-state index in [-0.39, 0.29) is 5.91 Å². The molecule has 0 spiro atoms. The summed E-state index contributed by atoms with van der Waals surface area (Å²) in [6, 6.07) is 0. The first kappa shape index (κ1) is 8.82. The van der Waals surface area contributed by atoms with Gasteiger partial charge in [0, 0.05) is 19.4 Å². The van der Waals surface area contributed by atoms with E-state index in [1.165, 1.54) is 0 Å². The Morgan fingerprint density at radius 1 is 1.67 bits per heavy atom. The second kappa shape index (κ2) is 5.95. The Morgan fingerprint density at radius 2 is 2.33 bits per heavy atom. The second-order valence-corrected chi connectivity index (χ2v) is 2.31. The molecule has 0 unspecified atom stereocenters. The van der Waals surface area contributed by atoms with Crippen molar-refractivity contribution in [2.24, 2.45) is 0 Å². The fourth-order valence-electron chi connectivity index (χ4n) is 0.441. The minimum atomic E-state index is 0.134. The fraction of sp³-hybridized carbons (Fsp3) is 0.833. The van der Waals surface area contributed by atoms with Crippen LogP contribution in [-0.2, 0) is 17.4 Å². The molecule has 2 nitrogen and oxygen atoms in total. The molecular weight excluding hydrogens is 134 g/mol. The first-order valence-electron chi connectivity index (χ1n) is 3.22. The highest BCUT2D eigenvalue weighted by atomic mass is 32.1. The summed E-state index contributed by atoms with van der Waals surface area (Å²) in [6.45, 7) is 2.64. The van der Waals surface area contributed by atoms with Crippen LogP contribution in [0.2, 0.25) is 0 Å². The summed E-state index contributed by atoms with van der Waals surface area (Å²) in [7, 11) is 0. The number of carbonyl (C=O) groups excluding carboxylic acids is 1. The van der Waals surface area contributed by atoms with Gasteiger partial charge in [-0.05, 0) is 12.6 Å². The maximum absolute atomic E-state index is 10.6. The van der Waals surface area contributed by atoms with Crippen molar-refractivity contribution >= 4 is 18.5 Å². The number of amides is 1. The highest BCUT2D eigenvalue weighted by Gasteiger charge is 1.93. The van der Waals surface area contributed by atoms with Gasteiger partial charge in [-0.2, -0.15) is 0 Å². The van der Waals surface area contributed by atoms with E-state index in [1.807, 2.05) is 6.92 Å². The third kappa shape index (κ3) is 5.69. The zero-order valence-corrected chi connectivity index (χ0v) is 6.74. The van der Waals surface area contributed by atoms with Crippen LogP contribution in [0.5, 0.6) is 0 Å². The molecule has 0 saturated carbocycles. The summed E-state index contributed by atoms with van der Waals surface area (Å²) in [5.74, 6) is 1.08. The molecule has 3 heteroatoms. The third-order valence-corrected chi connectivity index (χ3v) is 1.35. The Bertz CT molecular complexity index is 85.1. The lowest BCUT2D eigenvalue weighted by Gasteiger charge is -1.97. The fourth-order valence-corrected chi connectivity index (χ4v) is 0.618. The zero-order chi connectivity index (χ0) is 7.11. The second-order valence-electron chi connectivity index (χ2n) is 1.81. The Balaban J connectivity index is 2.97. The third-order valence-electron chi connectivity index (χ3n) is 0.997. The molecule has 0 rings (SSSR count). The van der Waals surface area contributed by atoms with Crippen molar-refractivity contribution in [1.29, 1.82) is 0 Å². The van der Waals surface area contributed by atoms with Crippen molar-refractivity contribution in [3.8, 4) is 0 Å². The molecule has 0 aromatic carbocycles. The molecule has 1 amide bonds. The van der Waals surface area contributed by atoms with Crippen molar-refractivity contribution < 1.29 is 4.79 Å². The van der Waals surface area contributed by atoms with Crippen molar-refractivity contribution in [2.45, 2.75) is 19.8 Å². The van der Waals surface area contributed by atoms with E-state index in [0.717, 1.165) is 18.7 Å². The van der Waals surface area contributed by atoms with Crippen LogP contribution < -0.4 is 5.32 Å². The number of carbonyl (C=O) groups is 1. The van der Waals surface area contributed by atoms with E-state index in [1.54, 1.807) is 0 Å². The van der Waals surface area contributed by atoms with Gasteiger partial charge in [-0.1, -0.05) is 6.92 Å². The van der Waals surface area contributed by atoms with E-state index in [4.69, 9.17) is 0 Å². The molecule has 0 aliphatic heterocycles. The van der Waals surface area contributed by atoms with Gasteiger partial charge in [-0.15, -0.1) is 0 Å². The SMILES string of the molecule is CCC(=O)NCCC[SH2+]. The van der Waals surface area contributed by atoms with Gasteiger partial charge in [0.25, 0.3) is 0 Å². The Kier molecular flexibility index (Phi) is 5.83. The van der Waals surface area contributed by atoms with Crippen molar-refractivity contribution in [3.05, 3.63) is 0 Å². The van der Waals surface area contributed by atoms with Crippen LogP contribution in [0.1, 0.15) is 19.8 Å². The van der Waals surface area contributed by atoms with Crippen LogP contribution >= 0.6 is 0 Å². The maximum Gasteiger partial charge on any atom is 0.219 e. The Morgan fingerprint density at radius 3 is 2.78 bits per heavy atom. The molecule has 1 N–H and O–H groups in total. The van der Waals surface area contributed by atoms with Gasteiger partial charge in [0.1, 0.15) is 5.75 Å². The van der Waals surface area contributed by atoms with E-state index < -0.39 is 0 Å². The summed E-state index contributed by atoms with van der Waals surface area (Å²) in [4.78, 5) is 10.6. The number of hydrogen-bond donors (Lipinski definition) is 1. The molecule has 0 bridgehead atoms. The lowest BCUT2D eigenvalue weighted by atomic mass is 10.4. The van der Waals surface area contributed by atoms with Gasteiger partial charge in [0.05, 0.1) is 0 Å². The summed E-state index contributed by atoms with van der Waals surface area (Å²) >= 11 is 3.31. The van der Waals surface area contributed by atoms with Gasteiger partial charge in [0.15, 0.2) is 0 Å². The van der Waals surface area contributed by atoms with Crippen LogP contribution in [0.25, 0.3) is 0 Å². The quantitative estimate of drug-likeness (QED) is 0.438. The van der Waals surface area contributed by atoms with E-state index >= 15 is 0 Å².